The van der Waals surface area contributed by atoms with Crippen molar-refractivity contribution in [2.45, 2.75) is 155 Å². The maximum atomic E-state index is 13.6. The Hall–Kier alpha value is -3.82. The number of carbonyl (C=O) groups is 4. The number of hydrogen-bond donors (Lipinski definition) is 7. The van der Waals surface area contributed by atoms with Gasteiger partial charge in [-0.3, -0.25) is 19.2 Å². The number of nitrogens with one attached hydrogen (secondary N) is 5. The minimum atomic E-state index is -1.29. The molecule has 9 atom stereocenters. The van der Waals surface area contributed by atoms with Crippen molar-refractivity contribution in [2.75, 3.05) is 13.1 Å². The topological polar surface area (TPSA) is 193 Å². The third-order valence-electron chi connectivity index (χ3n) is 13.1. The molecule has 8 N–H and O–H groups in total. The van der Waals surface area contributed by atoms with Gasteiger partial charge < -0.3 is 46.7 Å². The van der Waals surface area contributed by atoms with E-state index in [1.54, 1.807) is 0 Å². The molecule has 0 spiro atoms. The number of hydrogen-bond acceptors (Lipinski definition) is 9. The summed E-state index contributed by atoms with van der Waals surface area (Å²) in [5.74, 6) is -1.61. The molecule has 1 aliphatic heterocycles. The van der Waals surface area contributed by atoms with Gasteiger partial charge in [0.15, 0.2) is 0 Å². The molecule has 2 bridgehead atoms. The van der Waals surface area contributed by atoms with Crippen LogP contribution in [0.3, 0.4) is 0 Å². The van der Waals surface area contributed by atoms with Crippen LogP contribution in [-0.2, 0) is 41.5 Å². The summed E-state index contributed by atoms with van der Waals surface area (Å²) >= 11 is 0. The van der Waals surface area contributed by atoms with Crippen LogP contribution < -0.4 is 32.3 Å². The normalized spacial score (nSPS) is 24.1. The van der Waals surface area contributed by atoms with E-state index < -0.39 is 60.6 Å². The van der Waals surface area contributed by atoms with Gasteiger partial charge >= 0.3 is 7.12 Å². The third kappa shape index (κ3) is 11.5. The van der Waals surface area contributed by atoms with Crippen molar-refractivity contribution in [3.63, 3.8) is 0 Å². The Balaban J connectivity index is 1.05. The number of rotatable bonds is 22. The molecule has 0 radical (unpaired) electrons. The molecule has 4 fully saturated rings. The monoisotopic (exact) mass is 817 g/mol. The van der Waals surface area contributed by atoms with E-state index in [2.05, 4.69) is 103 Å². The van der Waals surface area contributed by atoms with E-state index in [0.717, 1.165) is 30.4 Å². The number of aliphatic hydroxyl groups excluding tert-OH is 1. The molecule has 0 aromatic heterocycles. The lowest BCUT2D eigenvalue weighted by Crippen LogP contribution is -2.65. The maximum absolute atomic E-state index is 13.6. The Morgan fingerprint density at radius 3 is 2.12 bits per heavy atom. The summed E-state index contributed by atoms with van der Waals surface area (Å²) < 4.78 is 12.9. The Morgan fingerprint density at radius 1 is 0.847 bits per heavy atom. The van der Waals surface area contributed by atoms with Crippen LogP contribution in [0, 0.1) is 17.3 Å². The summed E-state index contributed by atoms with van der Waals surface area (Å²) in [6.07, 6.45) is 5.94. The molecule has 13 nitrogen and oxygen atoms in total. The zero-order valence-corrected chi connectivity index (χ0v) is 36.3. The first-order valence-electron chi connectivity index (χ1n) is 21.9. The molecule has 4 aliphatic rings. The van der Waals surface area contributed by atoms with Gasteiger partial charge in [0.2, 0.25) is 23.6 Å². The average molecular weight is 817 g/mol. The molecule has 2 aromatic rings. The molecule has 3 saturated carbocycles. The highest BCUT2D eigenvalue weighted by Gasteiger charge is 2.68. The fourth-order valence-corrected chi connectivity index (χ4v) is 9.08. The van der Waals surface area contributed by atoms with Gasteiger partial charge in [0.05, 0.1) is 23.8 Å². The number of benzene rings is 2. The largest absolute Gasteiger partial charge is 0.481 e. The number of carbonyl (C=O) groups excluding carboxylic acids is 4. The van der Waals surface area contributed by atoms with Crippen LogP contribution in [0.15, 0.2) is 48.5 Å². The quantitative estimate of drug-likeness (QED) is 0.0682. The van der Waals surface area contributed by atoms with Crippen LogP contribution in [-0.4, -0.2) is 90.8 Å². The van der Waals surface area contributed by atoms with Crippen LogP contribution in [0.25, 0.3) is 11.1 Å². The molecule has 59 heavy (non-hydrogen) atoms. The predicted octanol–water partition coefficient (Wildman–Crippen LogP) is 3.93. The molecule has 14 heteroatoms. The Morgan fingerprint density at radius 2 is 1.51 bits per heavy atom. The molecule has 1 saturated heterocycles. The standard InChI is InChI=1S/C45H69BN6O7/c1-8-9-12-31-14-18-33(19-15-31)34-20-16-32(17-21-34)27-48-24-22-39(54)52-40(29(3)53)43(57)49-28(2)41(55)51-36(13-10-11-23-47)42(56)50-30(4)46-58-38-26-35-25-37(44(35,5)6)45(38,7)59-46/h14-21,28-30,35-38,40,48,53H,8-13,22-27,47H2,1-7H3,(H,49,57)(H,50,56)(H,51,55)(H,52,54)/t28-,29+,30-,35-,36-,37-,38?,40-,45-/m0/s1. The van der Waals surface area contributed by atoms with Crippen LogP contribution >= 0.6 is 0 Å². The second kappa shape index (κ2) is 20.6. The lowest BCUT2D eigenvalue weighted by atomic mass is 9.43. The second-order valence-electron chi connectivity index (χ2n) is 17.9. The van der Waals surface area contributed by atoms with Crippen LogP contribution in [0.2, 0.25) is 0 Å². The fraction of sp³-hybridized carbons (Fsp3) is 0.644. The van der Waals surface area contributed by atoms with E-state index in [0.29, 0.717) is 50.7 Å². The van der Waals surface area contributed by atoms with Crippen molar-refractivity contribution in [2.24, 2.45) is 23.0 Å². The molecule has 1 heterocycles. The second-order valence-corrected chi connectivity index (χ2v) is 17.9. The smallest absolute Gasteiger partial charge is 0.404 e. The third-order valence-corrected chi connectivity index (χ3v) is 13.1. The summed E-state index contributed by atoms with van der Waals surface area (Å²) in [7, 11) is -0.618. The highest BCUT2D eigenvalue weighted by atomic mass is 16.7. The van der Waals surface area contributed by atoms with Crippen LogP contribution in [0.4, 0.5) is 0 Å². The number of aliphatic hydroxyl groups is 1. The van der Waals surface area contributed by atoms with Crippen LogP contribution in [0.5, 0.6) is 0 Å². The van der Waals surface area contributed by atoms with E-state index in [1.165, 1.54) is 37.8 Å². The lowest BCUT2D eigenvalue weighted by Gasteiger charge is -2.64. The summed E-state index contributed by atoms with van der Waals surface area (Å²) in [6.45, 7) is 15.0. The van der Waals surface area contributed by atoms with Gasteiger partial charge in [0.1, 0.15) is 18.1 Å². The molecular formula is C45H69BN6O7. The predicted molar refractivity (Wildman–Crippen MR) is 231 cm³/mol. The Bertz CT molecular complexity index is 1730. The Labute approximate surface area is 351 Å². The molecule has 324 valence electrons. The van der Waals surface area contributed by atoms with Gasteiger partial charge in [0.25, 0.3) is 0 Å². The van der Waals surface area contributed by atoms with Crippen molar-refractivity contribution >= 4 is 30.7 Å². The number of aryl methyl sites for hydroxylation is 1. The van der Waals surface area contributed by atoms with Gasteiger partial charge in [-0.1, -0.05) is 75.7 Å². The Kier molecular flexibility index (Phi) is 16.2. The maximum Gasteiger partial charge on any atom is 0.481 e. The van der Waals surface area contributed by atoms with E-state index in [-0.39, 0.29) is 23.8 Å². The highest BCUT2D eigenvalue weighted by Crippen LogP contribution is 2.65. The van der Waals surface area contributed by atoms with Crippen LogP contribution in [0.1, 0.15) is 111 Å². The van der Waals surface area contributed by atoms with E-state index in [4.69, 9.17) is 15.0 Å². The first-order chi connectivity index (χ1) is 28.1. The summed E-state index contributed by atoms with van der Waals surface area (Å²) in [5.41, 5.74) is 10.2. The van der Waals surface area contributed by atoms with Crippen molar-refractivity contribution in [1.29, 1.82) is 0 Å². The van der Waals surface area contributed by atoms with Gasteiger partial charge in [-0.2, -0.15) is 0 Å². The van der Waals surface area contributed by atoms with E-state index in [9.17, 15) is 24.3 Å². The number of unbranched alkanes of at least 4 members (excludes halogenated alkanes) is 2. The minimum Gasteiger partial charge on any atom is -0.404 e. The van der Waals surface area contributed by atoms with Gasteiger partial charge in [0, 0.05) is 19.5 Å². The van der Waals surface area contributed by atoms with Gasteiger partial charge in [-0.15, -0.1) is 0 Å². The van der Waals surface area contributed by atoms with Crippen molar-refractivity contribution in [3.8, 4) is 11.1 Å². The molecule has 1 unspecified atom stereocenters. The zero-order chi connectivity index (χ0) is 42.9. The van der Waals surface area contributed by atoms with Crippen molar-refractivity contribution < 1.29 is 33.6 Å². The molecule has 2 aromatic carbocycles. The first-order valence-corrected chi connectivity index (χ1v) is 21.9. The number of nitrogens with two attached hydrogens (primary N) is 1. The van der Waals surface area contributed by atoms with E-state index in [1.807, 2.05) is 6.92 Å². The number of amides is 4. The average Bonchev–Trinajstić information content (AvgIpc) is 3.58. The lowest BCUT2D eigenvalue weighted by molar-refractivity contribution is -0.199. The summed E-state index contributed by atoms with van der Waals surface area (Å²) in [5, 5.41) is 24.7. The summed E-state index contributed by atoms with van der Waals surface area (Å²) in [6, 6.07) is 13.7. The fourth-order valence-electron chi connectivity index (χ4n) is 9.08. The highest BCUT2D eigenvalue weighted by molar-refractivity contribution is 6.47. The van der Waals surface area contributed by atoms with Crippen molar-refractivity contribution in [3.05, 3.63) is 59.7 Å². The molecule has 4 amide bonds. The van der Waals surface area contributed by atoms with Crippen molar-refractivity contribution in [1.82, 2.24) is 26.6 Å². The molecular weight excluding hydrogens is 747 g/mol. The van der Waals surface area contributed by atoms with E-state index >= 15 is 0 Å². The zero-order valence-electron chi connectivity index (χ0n) is 36.3. The SMILES string of the molecule is CCCCc1ccc(-c2ccc(CNCCC(=O)N[C@H](C(=O)N[C@@H](C)C(=O)N[C@@H](CCCCN)C(=O)N[C@@H](C)B3OC4C[C@@H]5C[C@@H](C5(C)C)[C@]4(C)O3)[C@@H](C)O)cc2)cc1. The first kappa shape index (κ1) is 46.3. The summed E-state index contributed by atoms with van der Waals surface area (Å²) in [4.78, 5) is 53.1. The molecule has 6 rings (SSSR count). The van der Waals surface area contributed by atoms with Gasteiger partial charge in [-0.25, -0.2) is 0 Å². The molecule has 3 aliphatic carbocycles. The minimum absolute atomic E-state index is 0.0292. The van der Waals surface area contributed by atoms with Gasteiger partial charge in [-0.05, 0) is 119 Å².